The van der Waals surface area contributed by atoms with Crippen LogP contribution in [-0.4, -0.2) is 77.7 Å². The number of nitrogens with zero attached hydrogens (tertiary/aromatic N) is 2. The zero-order valence-corrected chi connectivity index (χ0v) is 14.5. The number of morpholine rings is 1. The molecule has 0 aromatic carbocycles. The van der Waals surface area contributed by atoms with Crippen molar-refractivity contribution in [2.75, 3.05) is 38.5 Å². The highest BCUT2D eigenvalue weighted by molar-refractivity contribution is 8.13. The molecule has 0 aromatic rings. The van der Waals surface area contributed by atoms with Crippen LogP contribution in [-0.2, 0) is 9.53 Å². The lowest BCUT2D eigenvalue weighted by molar-refractivity contribution is -0.121. The molecule has 0 spiro atoms. The van der Waals surface area contributed by atoms with Gasteiger partial charge in [0.1, 0.15) is 0 Å². The number of thioether (sulfide) groups is 1. The minimum absolute atomic E-state index is 0.0194. The second-order valence-electron chi connectivity index (χ2n) is 6.22. The number of hydrogen-bond acceptors (Lipinski definition) is 5. The van der Waals surface area contributed by atoms with Gasteiger partial charge in [0.25, 0.3) is 5.24 Å². The third-order valence-electron chi connectivity index (χ3n) is 4.12. The molecule has 0 unspecified atom stereocenters. The summed E-state index contributed by atoms with van der Waals surface area (Å²) in [5, 5.41) is 3.08. The van der Waals surface area contributed by atoms with E-state index in [2.05, 4.69) is 31.0 Å². The monoisotopic (exact) mass is 329 g/mol. The second-order valence-corrected chi connectivity index (χ2v) is 7.26. The second kappa shape index (κ2) is 8.17. The average Bonchev–Trinajstić information content (AvgIpc) is 2.86. The lowest BCUT2D eigenvalue weighted by Crippen LogP contribution is -2.52. The Morgan fingerprint density at radius 3 is 2.68 bits per heavy atom. The summed E-state index contributed by atoms with van der Waals surface area (Å²) in [7, 11) is 0. The Morgan fingerprint density at radius 1 is 1.41 bits per heavy atom. The first kappa shape index (κ1) is 17.6. The fraction of sp³-hybridized carbons (Fsp3) is 0.867. The van der Waals surface area contributed by atoms with Crippen LogP contribution in [0.1, 0.15) is 27.2 Å². The molecule has 0 saturated carbocycles. The number of rotatable bonds is 6. The van der Waals surface area contributed by atoms with Crippen LogP contribution < -0.4 is 5.32 Å². The van der Waals surface area contributed by atoms with Crippen molar-refractivity contribution >= 4 is 22.9 Å². The van der Waals surface area contributed by atoms with Gasteiger partial charge in [-0.1, -0.05) is 11.8 Å². The van der Waals surface area contributed by atoms with Crippen molar-refractivity contribution < 1.29 is 14.3 Å². The van der Waals surface area contributed by atoms with Crippen LogP contribution in [0.5, 0.6) is 0 Å². The molecule has 1 N–H and O–H groups in total. The minimum atomic E-state index is 0.0194. The third kappa shape index (κ3) is 5.14. The number of carbonyl (C=O) groups is 2. The topological polar surface area (TPSA) is 61.9 Å². The smallest absolute Gasteiger partial charge is 0.281 e. The van der Waals surface area contributed by atoms with Crippen LogP contribution in [0.3, 0.4) is 0 Å². The Hall–Kier alpha value is -0.790. The molecular weight excluding hydrogens is 302 g/mol. The number of hydrogen-bond donors (Lipinski definition) is 1. The Morgan fingerprint density at radius 2 is 2.09 bits per heavy atom. The van der Waals surface area contributed by atoms with Gasteiger partial charge in [0.05, 0.1) is 12.2 Å². The highest BCUT2D eigenvalue weighted by atomic mass is 32.2. The zero-order valence-electron chi connectivity index (χ0n) is 13.7. The van der Waals surface area contributed by atoms with Crippen LogP contribution in [0.15, 0.2) is 0 Å². The van der Waals surface area contributed by atoms with Crippen molar-refractivity contribution in [3.8, 4) is 0 Å². The van der Waals surface area contributed by atoms with E-state index in [0.717, 1.165) is 25.4 Å². The Bertz CT molecular complexity index is 397. The first-order valence-electron chi connectivity index (χ1n) is 8.03. The molecular formula is C15H27N3O3S. The van der Waals surface area contributed by atoms with Gasteiger partial charge < -0.3 is 15.0 Å². The van der Waals surface area contributed by atoms with Crippen LogP contribution in [0.2, 0.25) is 0 Å². The van der Waals surface area contributed by atoms with Crippen molar-refractivity contribution in [1.82, 2.24) is 15.1 Å². The van der Waals surface area contributed by atoms with E-state index in [-0.39, 0.29) is 23.4 Å². The number of ether oxygens (including phenoxy) is 1. The maximum absolute atomic E-state index is 11.9. The third-order valence-corrected chi connectivity index (χ3v) is 5.01. The molecule has 2 heterocycles. The van der Waals surface area contributed by atoms with E-state index in [0.29, 0.717) is 25.6 Å². The van der Waals surface area contributed by atoms with Crippen LogP contribution in [0, 0.1) is 0 Å². The molecule has 126 valence electrons. The SMILES string of the molecule is C[C@@H]1CN([C@H](C)CNC(=O)CCN2CCSC2=O)C[C@H](C)O1. The fourth-order valence-electron chi connectivity index (χ4n) is 2.92. The van der Waals surface area contributed by atoms with Gasteiger partial charge in [0.2, 0.25) is 5.91 Å². The summed E-state index contributed by atoms with van der Waals surface area (Å²) < 4.78 is 5.73. The first-order chi connectivity index (χ1) is 10.5. The molecule has 0 bridgehead atoms. The van der Waals surface area contributed by atoms with Crippen molar-refractivity contribution in [2.24, 2.45) is 0 Å². The van der Waals surface area contributed by atoms with E-state index < -0.39 is 0 Å². The molecule has 7 heteroatoms. The maximum atomic E-state index is 11.9. The van der Waals surface area contributed by atoms with Crippen molar-refractivity contribution in [2.45, 2.75) is 45.4 Å². The Balaban J connectivity index is 1.65. The summed E-state index contributed by atoms with van der Waals surface area (Å²) in [5.41, 5.74) is 0. The predicted molar refractivity (Wildman–Crippen MR) is 88.1 cm³/mol. The van der Waals surface area contributed by atoms with Crippen molar-refractivity contribution in [3.05, 3.63) is 0 Å². The number of carbonyl (C=O) groups excluding carboxylic acids is 2. The van der Waals surface area contributed by atoms with Gasteiger partial charge in [-0.05, 0) is 20.8 Å². The van der Waals surface area contributed by atoms with Gasteiger partial charge in [-0.25, -0.2) is 0 Å². The summed E-state index contributed by atoms with van der Waals surface area (Å²) >= 11 is 1.33. The summed E-state index contributed by atoms with van der Waals surface area (Å²) in [6, 6.07) is 0.293. The van der Waals surface area contributed by atoms with E-state index >= 15 is 0 Å². The van der Waals surface area contributed by atoms with E-state index in [1.54, 1.807) is 4.90 Å². The standard InChI is InChI=1S/C15H27N3O3S/c1-11(18-9-12(2)21-13(3)10-18)8-16-14(19)4-5-17-6-7-22-15(17)20/h11-13H,4-10H2,1-3H3,(H,16,19)/t11-,12-,13+/m1/s1. The van der Waals surface area contributed by atoms with E-state index in [4.69, 9.17) is 4.74 Å². The molecule has 0 aromatic heterocycles. The lowest BCUT2D eigenvalue weighted by Gasteiger charge is -2.39. The average molecular weight is 329 g/mol. The lowest BCUT2D eigenvalue weighted by atomic mass is 10.1. The van der Waals surface area contributed by atoms with E-state index in [9.17, 15) is 9.59 Å². The largest absolute Gasteiger partial charge is 0.373 e. The Labute approximate surface area is 136 Å². The predicted octanol–water partition coefficient (Wildman–Crippen LogP) is 1.16. The van der Waals surface area contributed by atoms with E-state index in [1.165, 1.54) is 11.8 Å². The van der Waals surface area contributed by atoms with Gasteiger partial charge in [-0.3, -0.25) is 14.5 Å². The highest BCUT2D eigenvalue weighted by Crippen LogP contribution is 2.17. The molecule has 0 radical (unpaired) electrons. The number of nitrogens with one attached hydrogen (secondary N) is 1. The van der Waals surface area contributed by atoms with Gasteiger partial charge in [0, 0.05) is 50.9 Å². The Kier molecular flexibility index (Phi) is 6.52. The van der Waals surface area contributed by atoms with Gasteiger partial charge in [-0.15, -0.1) is 0 Å². The normalized spacial score (nSPS) is 28.0. The van der Waals surface area contributed by atoms with Gasteiger partial charge >= 0.3 is 0 Å². The molecule has 2 amide bonds. The molecule has 2 fully saturated rings. The van der Waals surface area contributed by atoms with Crippen LogP contribution >= 0.6 is 11.8 Å². The molecule has 2 saturated heterocycles. The fourth-order valence-corrected chi connectivity index (χ4v) is 3.77. The molecule has 2 aliphatic heterocycles. The van der Waals surface area contributed by atoms with Crippen LogP contribution in [0.25, 0.3) is 0 Å². The minimum Gasteiger partial charge on any atom is -0.373 e. The van der Waals surface area contributed by atoms with Gasteiger partial charge in [0.15, 0.2) is 0 Å². The molecule has 22 heavy (non-hydrogen) atoms. The van der Waals surface area contributed by atoms with Gasteiger partial charge in [-0.2, -0.15) is 0 Å². The molecule has 3 atom stereocenters. The van der Waals surface area contributed by atoms with Crippen LogP contribution in [0.4, 0.5) is 4.79 Å². The quantitative estimate of drug-likeness (QED) is 0.792. The van der Waals surface area contributed by atoms with Crippen molar-refractivity contribution in [3.63, 3.8) is 0 Å². The number of amides is 2. The summed E-state index contributed by atoms with van der Waals surface area (Å²) in [5.74, 6) is 0.858. The van der Waals surface area contributed by atoms with Crippen molar-refractivity contribution in [1.29, 1.82) is 0 Å². The highest BCUT2D eigenvalue weighted by Gasteiger charge is 2.26. The molecule has 2 rings (SSSR count). The molecule has 0 aliphatic carbocycles. The zero-order chi connectivity index (χ0) is 16.1. The molecule has 6 nitrogen and oxygen atoms in total. The summed E-state index contributed by atoms with van der Waals surface area (Å²) in [4.78, 5) is 27.5. The maximum Gasteiger partial charge on any atom is 0.281 e. The first-order valence-corrected chi connectivity index (χ1v) is 9.02. The van der Waals surface area contributed by atoms with E-state index in [1.807, 2.05) is 0 Å². The summed E-state index contributed by atoms with van der Waals surface area (Å²) in [6.07, 6.45) is 0.857. The molecule has 2 aliphatic rings. The summed E-state index contributed by atoms with van der Waals surface area (Å²) in [6.45, 7) is 10.0.